The Labute approximate surface area is 375 Å². The van der Waals surface area contributed by atoms with Crippen molar-refractivity contribution in [3.8, 4) is 28.0 Å². The minimum Gasteiger partial charge on any atom is -0.480 e. The molecule has 14 heteroatoms. The van der Waals surface area contributed by atoms with Crippen molar-refractivity contribution in [2.75, 3.05) is 18.6 Å². The first-order valence-electron chi connectivity index (χ1n) is 20.8. The van der Waals surface area contributed by atoms with E-state index >= 15 is 0 Å². The van der Waals surface area contributed by atoms with Gasteiger partial charge in [-0.3, -0.25) is 32.4 Å². The van der Waals surface area contributed by atoms with Gasteiger partial charge in [0, 0.05) is 28.6 Å². The van der Waals surface area contributed by atoms with Gasteiger partial charge in [0.2, 0.25) is 0 Å². The van der Waals surface area contributed by atoms with Gasteiger partial charge in [0.05, 0.1) is 18.6 Å². The maximum Gasteiger partial charge on any atom is 0.330 e. The molecule has 8 aromatic rings. The number of carboxylic acid groups (broad SMARTS) is 1. The van der Waals surface area contributed by atoms with Gasteiger partial charge in [0.15, 0.2) is 17.8 Å². The van der Waals surface area contributed by atoms with Crippen LogP contribution < -0.4 is 15.3 Å². The summed E-state index contributed by atoms with van der Waals surface area (Å²) >= 11 is 0. The molecule has 10 rings (SSSR count). The number of benzene rings is 6. The molecular weight excluding hydrogens is 865 g/mol. The number of rotatable bonds is 10. The number of pyridine rings is 2. The molecule has 6 aromatic carbocycles. The Hall–Kier alpha value is -6.94. The predicted octanol–water partition coefficient (Wildman–Crippen LogP) is 9.94. The van der Waals surface area contributed by atoms with Crippen LogP contribution in [0.4, 0.5) is 0 Å². The van der Waals surface area contributed by atoms with E-state index in [1.165, 1.54) is 23.8 Å². The second kappa shape index (κ2) is 16.2. The van der Waals surface area contributed by atoms with Crippen LogP contribution >= 0.6 is 21.2 Å². The lowest BCUT2D eigenvalue weighted by Gasteiger charge is -2.36. The summed E-state index contributed by atoms with van der Waals surface area (Å²) < 4.78 is 50.4. The smallest absolute Gasteiger partial charge is 0.330 e. The molecule has 4 N–H and O–H groups in total. The average Bonchev–Trinajstić information content (AvgIpc) is 3.78. The zero-order valence-corrected chi connectivity index (χ0v) is 36.5. The number of hydrogen-bond acceptors (Lipinski definition) is 9. The fourth-order valence-corrected chi connectivity index (χ4v) is 14.1. The number of fused-ring (bicyclic) bond motifs is 4. The van der Waals surface area contributed by atoms with Gasteiger partial charge in [0.1, 0.15) is 10.1 Å². The maximum absolute atomic E-state index is 14.4. The molecule has 0 spiro atoms. The Kier molecular flexibility index (Phi) is 10.5. The molecule has 2 aliphatic heterocycles. The summed E-state index contributed by atoms with van der Waals surface area (Å²) in [5.41, 5.74) is 3.89. The third kappa shape index (κ3) is 7.19. The Balaban J connectivity index is 1.12. The summed E-state index contributed by atoms with van der Waals surface area (Å²) in [6.45, 7) is 0. The van der Waals surface area contributed by atoms with Crippen LogP contribution in [0.1, 0.15) is 34.3 Å². The number of carboxylic acids is 1. The highest BCUT2D eigenvalue weighted by Crippen LogP contribution is 2.63. The molecule has 0 amide bonds. The third-order valence-corrected chi connectivity index (χ3v) is 16.3. The van der Waals surface area contributed by atoms with E-state index in [2.05, 4.69) is 0 Å². The number of aliphatic carboxylic acids is 1. The molecule has 0 radical (unpaired) electrons. The van der Waals surface area contributed by atoms with Crippen LogP contribution in [0.15, 0.2) is 171 Å². The minimum absolute atomic E-state index is 0.113. The lowest BCUT2D eigenvalue weighted by molar-refractivity contribution is -0.144. The topological polar surface area (TPSA) is 178 Å². The molecule has 0 saturated heterocycles. The first-order valence-corrected chi connectivity index (χ1v) is 24.2. The van der Waals surface area contributed by atoms with Crippen molar-refractivity contribution in [1.82, 2.24) is 9.13 Å². The van der Waals surface area contributed by atoms with Crippen molar-refractivity contribution < 1.29 is 37.3 Å². The molecule has 65 heavy (non-hydrogen) atoms. The summed E-state index contributed by atoms with van der Waals surface area (Å²) in [4.78, 5) is 54.0. The summed E-state index contributed by atoms with van der Waals surface area (Å²) in [7, 11) is -5.96. The second-order valence-electron chi connectivity index (χ2n) is 16.2. The van der Waals surface area contributed by atoms with Crippen molar-refractivity contribution in [2.24, 2.45) is 0 Å². The molecule has 0 saturated carbocycles. The van der Waals surface area contributed by atoms with Gasteiger partial charge in [-0.25, -0.2) is 9.59 Å². The van der Waals surface area contributed by atoms with Crippen LogP contribution in [0.25, 0.3) is 43.8 Å². The quantitative estimate of drug-likeness (QED) is 0.0966. The largest absolute Gasteiger partial charge is 0.480 e. The first-order chi connectivity index (χ1) is 31.4. The molecule has 3 atom stereocenters. The number of aromatic nitrogens is 2. The van der Waals surface area contributed by atoms with Crippen LogP contribution in [-0.4, -0.2) is 58.5 Å². The number of ether oxygens (including phenoxy) is 1. The SMILES string of the molecule is COC(=O)[C@@H]1CS(O)(Oc2cccc3c(Cc4cc(=O)n5c(c4-c4ccccc4)S(O)(O)C[C@H]5C(=O)O)cccc23)c2c(-c3ccccc3)c(Cc3cccc4ccccc34)cc(=O)n21. The molecule has 2 aromatic heterocycles. The Morgan fingerprint density at radius 1 is 0.585 bits per heavy atom. The highest BCUT2D eigenvalue weighted by Gasteiger charge is 2.46. The van der Waals surface area contributed by atoms with Gasteiger partial charge in [-0.15, -0.1) is 10.6 Å². The van der Waals surface area contributed by atoms with E-state index in [4.69, 9.17) is 8.92 Å². The summed E-state index contributed by atoms with van der Waals surface area (Å²) in [5, 5.41) is 13.4. The van der Waals surface area contributed by atoms with Crippen LogP contribution in [-0.2, 0) is 27.2 Å². The lowest BCUT2D eigenvalue weighted by Crippen LogP contribution is -2.30. The van der Waals surface area contributed by atoms with Gasteiger partial charge < -0.3 is 14.0 Å². The molecule has 0 aliphatic carbocycles. The number of nitrogens with zero attached hydrogens (tertiary/aromatic N) is 2. The number of carbonyl (C=O) groups is 2. The van der Waals surface area contributed by atoms with Gasteiger partial charge in [-0.2, -0.15) is 10.6 Å². The van der Waals surface area contributed by atoms with E-state index < -0.39 is 62.1 Å². The van der Waals surface area contributed by atoms with Crippen LogP contribution in [0.3, 0.4) is 0 Å². The van der Waals surface area contributed by atoms with Crippen molar-refractivity contribution in [2.45, 2.75) is 35.0 Å². The first kappa shape index (κ1) is 42.0. The zero-order chi connectivity index (χ0) is 45.2. The van der Waals surface area contributed by atoms with Gasteiger partial charge in [0.25, 0.3) is 11.1 Å². The molecule has 4 heterocycles. The van der Waals surface area contributed by atoms with Crippen LogP contribution in [0, 0.1) is 0 Å². The number of carbonyl (C=O) groups excluding carboxylic acids is 1. The molecule has 1 unspecified atom stereocenters. The Morgan fingerprint density at radius 3 is 1.72 bits per heavy atom. The van der Waals surface area contributed by atoms with Crippen molar-refractivity contribution in [3.63, 3.8) is 0 Å². The number of methoxy groups -OCH3 is 1. The van der Waals surface area contributed by atoms with E-state index in [-0.39, 0.29) is 28.0 Å². The van der Waals surface area contributed by atoms with Gasteiger partial charge >= 0.3 is 11.9 Å². The van der Waals surface area contributed by atoms with E-state index in [1.54, 1.807) is 42.5 Å². The van der Waals surface area contributed by atoms with E-state index in [0.717, 1.165) is 32.0 Å². The van der Waals surface area contributed by atoms with Crippen molar-refractivity contribution in [3.05, 3.63) is 195 Å². The number of esters is 1. The zero-order valence-electron chi connectivity index (χ0n) is 34.9. The summed E-state index contributed by atoms with van der Waals surface area (Å²) in [6.07, 6.45) is 0.463. The minimum atomic E-state index is -3.70. The summed E-state index contributed by atoms with van der Waals surface area (Å²) in [5.74, 6) is -2.55. The van der Waals surface area contributed by atoms with E-state index in [1.807, 2.05) is 97.1 Å². The predicted molar refractivity (Wildman–Crippen MR) is 253 cm³/mol. The standard InChI is InChI=1S/C51H42N2O10S2/c1-62-51(58)42-30-65(61,49-47(33-16-6-3-7-17-33)37(28-45(55)53(42)49)25-34-19-10-18-31-13-8-9-21-38(31)34)63-43-24-12-22-39-35(20-11-23-40(39)43)26-36-27-44(54)52-41(50(56)57)29-64(59,60)48(52)46(36)32-14-4-2-5-15-32/h2-24,27-28,41-42,59-61H,25-26,29-30H2,1H3,(H,56,57)/t41-,42-/m0/s1. The highest BCUT2D eigenvalue weighted by molar-refractivity contribution is 8.25. The second-order valence-corrected chi connectivity index (χ2v) is 20.4. The fourth-order valence-electron chi connectivity index (χ4n) is 9.51. The van der Waals surface area contributed by atoms with Crippen molar-refractivity contribution in [1.29, 1.82) is 0 Å². The van der Waals surface area contributed by atoms with Crippen LogP contribution in [0.2, 0.25) is 0 Å². The van der Waals surface area contributed by atoms with E-state index in [0.29, 0.717) is 45.0 Å². The maximum atomic E-state index is 14.4. The number of hydrogen-bond donors (Lipinski definition) is 4. The van der Waals surface area contributed by atoms with E-state index in [9.17, 15) is 37.9 Å². The Morgan fingerprint density at radius 2 is 1.09 bits per heavy atom. The Bertz CT molecular complexity index is 3350. The van der Waals surface area contributed by atoms with Crippen molar-refractivity contribution >= 4 is 54.7 Å². The lowest BCUT2D eigenvalue weighted by atomic mass is 9.93. The van der Waals surface area contributed by atoms with Gasteiger partial charge in [-0.1, -0.05) is 133 Å². The molecule has 0 fully saturated rings. The molecule has 328 valence electrons. The highest BCUT2D eigenvalue weighted by atomic mass is 32.3. The monoisotopic (exact) mass is 906 g/mol. The normalized spacial score (nSPS) is 19.8. The fraction of sp³-hybridized carbons (Fsp3) is 0.137. The molecular formula is C51H42N2O10S2. The van der Waals surface area contributed by atoms with Gasteiger partial charge in [-0.05, 0) is 68.4 Å². The molecule has 0 bridgehead atoms. The average molecular weight is 907 g/mol. The molecule has 12 nitrogen and oxygen atoms in total. The molecule has 2 aliphatic rings. The third-order valence-electron chi connectivity index (χ3n) is 12.3. The van der Waals surface area contributed by atoms with Crippen LogP contribution in [0.5, 0.6) is 5.75 Å². The summed E-state index contributed by atoms with van der Waals surface area (Å²) in [6, 6.07) is 43.5.